The summed E-state index contributed by atoms with van der Waals surface area (Å²) in [6.45, 7) is 12.9. The van der Waals surface area contributed by atoms with E-state index in [9.17, 15) is 4.79 Å². The lowest BCUT2D eigenvalue weighted by molar-refractivity contribution is 0.0525. The molecule has 0 bridgehead atoms. The highest BCUT2D eigenvalue weighted by atomic mass is 16.5. The summed E-state index contributed by atoms with van der Waals surface area (Å²) in [5.74, 6) is 1.46. The van der Waals surface area contributed by atoms with E-state index >= 15 is 0 Å². The van der Waals surface area contributed by atoms with Gasteiger partial charge in [0.15, 0.2) is 5.82 Å². The molecule has 2 aliphatic heterocycles. The summed E-state index contributed by atoms with van der Waals surface area (Å²) in [7, 11) is 0. The largest absolute Gasteiger partial charge is 0.462 e. The Morgan fingerprint density at radius 3 is 2.64 bits per heavy atom. The lowest BCUT2D eigenvalue weighted by Crippen LogP contribution is -2.29. The van der Waals surface area contributed by atoms with E-state index in [0.717, 1.165) is 56.0 Å². The Morgan fingerprint density at radius 1 is 1.05 bits per heavy atom. The van der Waals surface area contributed by atoms with E-state index in [1.807, 2.05) is 26.0 Å². The number of benzene rings is 1. The number of nitrogens with one attached hydrogen (secondary N) is 1. The van der Waals surface area contributed by atoms with Crippen LogP contribution in [-0.4, -0.2) is 53.5 Å². The van der Waals surface area contributed by atoms with Crippen LogP contribution in [0.5, 0.6) is 0 Å². The van der Waals surface area contributed by atoms with E-state index in [0.29, 0.717) is 36.2 Å². The topological polar surface area (TPSA) is 72.3 Å². The second-order valence-electron chi connectivity index (χ2n) is 12.1. The van der Waals surface area contributed by atoms with Gasteiger partial charge in [-0.05, 0) is 92.5 Å². The van der Waals surface area contributed by atoms with Crippen molar-refractivity contribution >= 4 is 11.7 Å². The van der Waals surface area contributed by atoms with Gasteiger partial charge in [0.25, 0.3) is 0 Å². The first kappa shape index (κ1) is 30.1. The summed E-state index contributed by atoms with van der Waals surface area (Å²) in [5.41, 5.74) is 10.5. The molecule has 0 spiro atoms. The number of hydrogen-bond acceptors (Lipinski definition) is 6. The van der Waals surface area contributed by atoms with Crippen LogP contribution in [0.3, 0.4) is 0 Å². The molecule has 1 saturated heterocycles. The van der Waals surface area contributed by atoms with Crippen molar-refractivity contribution in [2.75, 3.05) is 37.7 Å². The first-order valence-electron chi connectivity index (χ1n) is 16.4. The number of nitrogens with zero attached hydrogens (tertiary/aromatic N) is 4. The Kier molecular flexibility index (Phi) is 9.12. The zero-order valence-corrected chi connectivity index (χ0v) is 26.6. The average Bonchev–Trinajstić information content (AvgIpc) is 3.56. The molecule has 3 aromatic rings. The highest BCUT2D eigenvalue weighted by molar-refractivity contribution is 5.90. The van der Waals surface area contributed by atoms with E-state index in [1.54, 1.807) is 16.5 Å². The maximum atomic E-state index is 12.6. The van der Waals surface area contributed by atoms with Crippen molar-refractivity contribution in [2.24, 2.45) is 5.92 Å². The summed E-state index contributed by atoms with van der Waals surface area (Å²) >= 11 is 0. The Morgan fingerprint density at radius 2 is 1.86 bits per heavy atom. The fourth-order valence-electron chi connectivity index (χ4n) is 7.20. The Hall–Kier alpha value is -3.97. The van der Waals surface area contributed by atoms with Gasteiger partial charge >= 0.3 is 5.97 Å². The van der Waals surface area contributed by atoms with Crippen LogP contribution in [0.15, 0.2) is 77.5 Å². The smallest absolute Gasteiger partial charge is 0.341 e. The number of allylic oxidation sites excluding steroid dienone is 4. The Labute approximate surface area is 261 Å². The first-order chi connectivity index (χ1) is 21.5. The highest BCUT2D eigenvalue weighted by Gasteiger charge is 2.30. The minimum atomic E-state index is -0.344. The number of hydrogen-bond donors (Lipinski definition) is 1. The molecule has 1 aliphatic carbocycles. The van der Waals surface area contributed by atoms with Crippen LogP contribution in [0.25, 0.3) is 17.1 Å². The number of esters is 1. The number of pyridine rings is 1. The van der Waals surface area contributed by atoms with E-state index in [4.69, 9.17) is 9.72 Å². The van der Waals surface area contributed by atoms with Gasteiger partial charge in [-0.15, -0.1) is 0 Å². The van der Waals surface area contributed by atoms with Gasteiger partial charge in [0, 0.05) is 24.6 Å². The lowest BCUT2D eigenvalue weighted by Gasteiger charge is -2.27. The van der Waals surface area contributed by atoms with Gasteiger partial charge in [-0.25, -0.2) is 14.5 Å². The number of fused-ring (bicyclic) bond motifs is 1. The van der Waals surface area contributed by atoms with Gasteiger partial charge in [0.2, 0.25) is 0 Å². The summed E-state index contributed by atoms with van der Waals surface area (Å²) < 4.78 is 7.05. The number of rotatable bonds is 9. The van der Waals surface area contributed by atoms with Crippen molar-refractivity contribution in [2.45, 2.75) is 65.7 Å². The second-order valence-corrected chi connectivity index (χ2v) is 12.1. The van der Waals surface area contributed by atoms with E-state index in [-0.39, 0.29) is 5.97 Å². The number of piperidine rings is 1. The SMILES string of the molecule is CCOC(=O)c1cnn(-c2cccc(-c3cccc4c3N(CC3=CCC=C(C5CCNCC5)C(CC)=C3)CC4C)n2)c1CC. The molecule has 0 amide bonds. The van der Waals surface area contributed by atoms with Crippen molar-refractivity contribution in [3.8, 4) is 17.1 Å². The van der Waals surface area contributed by atoms with Crippen molar-refractivity contribution < 1.29 is 9.53 Å². The van der Waals surface area contributed by atoms with Crippen LogP contribution in [0, 0.1) is 5.92 Å². The monoisotopic (exact) mass is 591 g/mol. The molecular formula is C37H45N5O2. The summed E-state index contributed by atoms with van der Waals surface area (Å²) in [6, 6.07) is 12.7. The summed E-state index contributed by atoms with van der Waals surface area (Å²) in [6.07, 6.45) is 14.2. The third-order valence-electron chi connectivity index (χ3n) is 9.32. The molecule has 0 saturated carbocycles. The number of para-hydroxylation sites is 1. The zero-order chi connectivity index (χ0) is 30.6. The molecular weight excluding hydrogens is 546 g/mol. The van der Waals surface area contributed by atoms with Gasteiger partial charge < -0.3 is 15.0 Å². The van der Waals surface area contributed by atoms with E-state index in [2.05, 4.69) is 71.7 Å². The molecule has 44 heavy (non-hydrogen) atoms. The third kappa shape index (κ3) is 5.90. The maximum Gasteiger partial charge on any atom is 0.341 e. The molecule has 1 fully saturated rings. The molecule has 1 aromatic carbocycles. The molecule has 7 nitrogen and oxygen atoms in total. The number of anilines is 1. The van der Waals surface area contributed by atoms with Gasteiger partial charge in [-0.2, -0.15) is 5.10 Å². The predicted molar refractivity (Wildman–Crippen MR) is 178 cm³/mol. The molecule has 1 atom stereocenters. The first-order valence-corrected chi connectivity index (χ1v) is 16.4. The number of ether oxygens (including phenoxy) is 1. The van der Waals surface area contributed by atoms with E-state index < -0.39 is 0 Å². The van der Waals surface area contributed by atoms with Crippen LogP contribution >= 0.6 is 0 Å². The van der Waals surface area contributed by atoms with Crippen LogP contribution in [0.2, 0.25) is 0 Å². The molecule has 3 aliphatic rings. The zero-order valence-electron chi connectivity index (χ0n) is 26.6. The molecule has 7 heteroatoms. The quantitative estimate of drug-likeness (QED) is 0.266. The number of carbonyl (C=O) groups is 1. The maximum absolute atomic E-state index is 12.6. The van der Waals surface area contributed by atoms with Crippen molar-refractivity contribution in [1.82, 2.24) is 20.1 Å². The number of aromatic nitrogens is 3. The lowest BCUT2D eigenvalue weighted by atomic mass is 9.84. The van der Waals surface area contributed by atoms with Crippen LogP contribution in [0.4, 0.5) is 5.69 Å². The van der Waals surface area contributed by atoms with Gasteiger partial charge in [0.1, 0.15) is 5.56 Å². The summed E-state index contributed by atoms with van der Waals surface area (Å²) in [5, 5.41) is 8.08. The fourth-order valence-corrected chi connectivity index (χ4v) is 7.20. The summed E-state index contributed by atoms with van der Waals surface area (Å²) in [4.78, 5) is 20.2. The van der Waals surface area contributed by atoms with Crippen molar-refractivity contribution in [3.63, 3.8) is 0 Å². The number of carbonyl (C=O) groups excluding carboxylic acids is 1. The molecule has 4 heterocycles. The standard InChI is InChI=1S/C37H45N5O2/c1-5-27-21-26(11-8-13-30(27)28-17-19-38-20-18-28)24-41-23-25(4)29-12-9-14-31(36(29)41)33-15-10-16-35(40-33)42-34(6-2)32(22-39-42)37(43)44-7-3/h9-16,21-22,25,28,38H,5-8,17-20,23-24H2,1-4H3. The van der Waals surface area contributed by atoms with Gasteiger partial charge in [-0.3, -0.25) is 0 Å². The van der Waals surface area contributed by atoms with Crippen molar-refractivity contribution in [1.29, 1.82) is 0 Å². The van der Waals surface area contributed by atoms with Gasteiger partial charge in [0.05, 0.1) is 29.9 Å². The molecule has 1 N–H and O–H groups in total. The van der Waals surface area contributed by atoms with Gasteiger partial charge in [-0.1, -0.05) is 63.3 Å². The average molecular weight is 592 g/mol. The van der Waals surface area contributed by atoms with Crippen LogP contribution < -0.4 is 10.2 Å². The molecule has 1 unspecified atom stereocenters. The highest BCUT2D eigenvalue weighted by Crippen LogP contribution is 2.43. The second kappa shape index (κ2) is 13.3. The van der Waals surface area contributed by atoms with Crippen molar-refractivity contribution in [3.05, 3.63) is 94.4 Å². The third-order valence-corrected chi connectivity index (χ3v) is 9.32. The molecule has 6 rings (SSSR count). The minimum Gasteiger partial charge on any atom is -0.462 e. The van der Waals surface area contributed by atoms with Crippen LogP contribution in [-0.2, 0) is 11.2 Å². The predicted octanol–water partition coefficient (Wildman–Crippen LogP) is 7.19. The Balaban J connectivity index is 1.31. The Bertz CT molecular complexity index is 1610. The van der Waals surface area contributed by atoms with E-state index in [1.165, 1.54) is 35.2 Å². The fraction of sp³-hybridized carbons (Fsp3) is 0.432. The molecule has 230 valence electrons. The minimum absolute atomic E-state index is 0.331. The molecule has 0 radical (unpaired) electrons. The molecule has 2 aromatic heterocycles. The van der Waals surface area contributed by atoms with Crippen LogP contribution in [0.1, 0.15) is 80.9 Å². The normalized spacial score (nSPS) is 18.8.